The molecule has 2 saturated carbocycles. The summed E-state index contributed by atoms with van der Waals surface area (Å²) in [5, 5.41) is 11.3. The summed E-state index contributed by atoms with van der Waals surface area (Å²) in [4.78, 5) is 69.7. The number of piperidine rings is 1. The molecule has 14 heteroatoms. The molecule has 1 unspecified atom stereocenters. The van der Waals surface area contributed by atoms with E-state index >= 15 is 0 Å². The van der Waals surface area contributed by atoms with E-state index in [1.807, 2.05) is 41.5 Å². The lowest BCUT2D eigenvalue weighted by Crippen LogP contribution is -2.64. The van der Waals surface area contributed by atoms with Crippen molar-refractivity contribution < 1.29 is 32.4 Å². The lowest BCUT2D eigenvalue weighted by Gasteiger charge is -2.42. The van der Waals surface area contributed by atoms with Crippen LogP contribution in [-0.4, -0.2) is 97.5 Å². The minimum absolute atomic E-state index is 0.0467. The first kappa shape index (κ1) is 41.0. The Morgan fingerprint density at radius 2 is 1.67 bits per heavy atom. The summed E-state index contributed by atoms with van der Waals surface area (Å²) >= 11 is 0. The molecule has 1 saturated heterocycles. The third-order valence-electron chi connectivity index (χ3n) is 11.2. The number of urea groups is 1. The molecule has 5 atom stereocenters. The molecule has 2 aliphatic carbocycles. The molecular formula is C38H58N6O7S. The van der Waals surface area contributed by atoms with Crippen molar-refractivity contribution in [2.75, 3.05) is 26.7 Å². The third kappa shape index (κ3) is 8.87. The number of amides is 5. The monoisotopic (exact) mass is 742 g/mol. The van der Waals surface area contributed by atoms with E-state index in [0.717, 1.165) is 19.3 Å². The molecule has 1 heterocycles. The number of likely N-dealkylation sites (N-methyl/N-ethyl adjacent to an activating group) is 1. The summed E-state index contributed by atoms with van der Waals surface area (Å²) in [5.41, 5.74) is -1.84. The number of Topliss-reactive ketones (excluding diaryl/α,β-unsaturated/α-hetero) is 1. The van der Waals surface area contributed by atoms with Crippen LogP contribution in [0.25, 0.3) is 0 Å². The van der Waals surface area contributed by atoms with E-state index in [2.05, 4.69) is 27.8 Å². The number of benzene rings is 1. The zero-order valence-electron chi connectivity index (χ0n) is 31.8. The highest BCUT2D eigenvalue weighted by Crippen LogP contribution is 2.65. The Labute approximate surface area is 309 Å². The molecule has 1 aromatic rings. The van der Waals surface area contributed by atoms with Gasteiger partial charge in [-0.05, 0) is 54.1 Å². The van der Waals surface area contributed by atoms with Crippen LogP contribution in [0.3, 0.4) is 0 Å². The average Bonchev–Trinajstić information content (AvgIpc) is 3.38. The van der Waals surface area contributed by atoms with Crippen molar-refractivity contribution >= 4 is 39.6 Å². The second-order valence-corrected chi connectivity index (χ2v) is 18.5. The maximum atomic E-state index is 14.5. The van der Waals surface area contributed by atoms with Crippen molar-refractivity contribution in [2.24, 2.45) is 22.7 Å². The van der Waals surface area contributed by atoms with E-state index in [4.69, 9.17) is 0 Å². The maximum absolute atomic E-state index is 14.5. The van der Waals surface area contributed by atoms with E-state index in [-0.39, 0.29) is 41.7 Å². The molecule has 0 aromatic heterocycles. The van der Waals surface area contributed by atoms with Crippen LogP contribution in [0.5, 0.6) is 0 Å². The number of rotatable bonds is 15. The number of likely N-dealkylation sites (tertiary alicyclic amines) is 1. The number of carbonyl (C=O) groups is 5. The molecule has 5 amide bonds. The molecule has 3 fully saturated rings. The lowest BCUT2D eigenvalue weighted by molar-refractivity contribution is -0.145. The standard InChI is InChI=1S/C38H58N6O7S/c1-9-17-27(30(45)33(47)39-22-10-2)40-32(46)29-28-26(37(28,6)7)23-44(29)34(48)31(36(3,4)5)41-35(49)42-38(20-15-12-16-21-38)24-43(8)52(50,51)25-18-13-11-14-19-25/h10-11,13-14,18-19,26-29,31H,2,9,12,15-17,20-24H2,1,3-8H3,(H,39,47)(H,40,46)(H2,41,42,49)/t26-,27?,28-,29-,31+/m0/s1. The number of sulfonamides is 1. The van der Waals surface area contributed by atoms with Gasteiger partial charge in [-0.1, -0.05) is 91.5 Å². The largest absolute Gasteiger partial charge is 0.346 e. The van der Waals surface area contributed by atoms with Crippen LogP contribution in [0.15, 0.2) is 47.9 Å². The van der Waals surface area contributed by atoms with Crippen molar-refractivity contribution in [1.82, 2.24) is 30.5 Å². The van der Waals surface area contributed by atoms with E-state index in [1.165, 1.54) is 22.3 Å². The Morgan fingerprint density at radius 1 is 1.04 bits per heavy atom. The zero-order valence-corrected chi connectivity index (χ0v) is 32.6. The van der Waals surface area contributed by atoms with Gasteiger partial charge in [-0.25, -0.2) is 13.2 Å². The molecule has 3 aliphatic rings. The fourth-order valence-electron chi connectivity index (χ4n) is 8.10. The SMILES string of the molecule is C=CCNC(=O)C(=O)C(CCC)NC(=O)[C@@H]1[C@@H]2[C@H](CN1C(=O)[C@@H](NC(=O)NC1(CN(C)S(=O)(=O)c3ccccc3)CCCCC1)C(C)(C)C)C2(C)C. The smallest absolute Gasteiger partial charge is 0.315 e. The molecule has 0 radical (unpaired) electrons. The van der Waals surface area contributed by atoms with E-state index < -0.39 is 68.6 Å². The van der Waals surface area contributed by atoms with Crippen molar-refractivity contribution in [3.63, 3.8) is 0 Å². The number of ketones is 1. The van der Waals surface area contributed by atoms with Crippen LogP contribution in [0.2, 0.25) is 0 Å². The maximum Gasteiger partial charge on any atom is 0.315 e. The van der Waals surface area contributed by atoms with Gasteiger partial charge in [-0.3, -0.25) is 19.2 Å². The van der Waals surface area contributed by atoms with Gasteiger partial charge in [0.15, 0.2) is 0 Å². The van der Waals surface area contributed by atoms with Crippen LogP contribution >= 0.6 is 0 Å². The number of hydrogen-bond acceptors (Lipinski definition) is 7. The predicted molar refractivity (Wildman–Crippen MR) is 198 cm³/mol. The molecule has 1 aliphatic heterocycles. The molecule has 1 aromatic carbocycles. The minimum Gasteiger partial charge on any atom is -0.346 e. The summed E-state index contributed by atoms with van der Waals surface area (Å²) in [6, 6.07) is 4.58. The number of carbonyl (C=O) groups excluding carboxylic acids is 5. The second kappa shape index (κ2) is 16.1. The number of nitrogens with one attached hydrogen (secondary N) is 4. The minimum atomic E-state index is -3.82. The molecule has 0 bridgehead atoms. The first-order chi connectivity index (χ1) is 24.3. The first-order valence-electron chi connectivity index (χ1n) is 18.4. The Kier molecular flexibility index (Phi) is 12.7. The summed E-state index contributed by atoms with van der Waals surface area (Å²) < 4.78 is 28.1. The van der Waals surface area contributed by atoms with Crippen molar-refractivity contribution in [3.8, 4) is 0 Å². The molecule has 52 heavy (non-hydrogen) atoms. The molecular weight excluding hydrogens is 685 g/mol. The first-order valence-corrected chi connectivity index (χ1v) is 19.9. The quantitative estimate of drug-likeness (QED) is 0.158. The molecule has 4 rings (SSSR count). The molecule has 4 N–H and O–H groups in total. The second-order valence-electron chi connectivity index (χ2n) is 16.4. The fraction of sp³-hybridized carbons (Fsp3) is 0.658. The molecule has 0 spiro atoms. The van der Waals surface area contributed by atoms with Gasteiger partial charge in [-0.15, -0.1) is 6.58 Å². The normalized spacial score (nSPS) is 23.1. The van der Waals surface area contributed by atoms with Gasteiger partial charge in [0.2, 0.25) is 27.6 Å². The van der Waals surface area contributed by atoms with Gasteiger partial charge < -0.3 is 26.2 Å². The third-order valence-corrected chi connectivity index (χ3v) is 13.0. The highest BCUT2D eigenvalue weighted by Gasteiger charge is 2.70. The Hall–Kier alpha value is -3.78. The summed E-state index contributed by atoms with van der Waals surface area (Å²) in [5.74, 6) is -2.62. The number of fused-ring (bicyclic) bond motifs is 1. The van der Waals surface area contributed by atoms with Crippen LogP contribution in [0.4, 0.5) is 4.79 Å². The van der Waals surface area contributed by atoms with E-state index in [1.54, 1.807) is 30.3 Å². The van der Waals surface area contributed by atoms with Crippen LogP contribution in [0, 0.1) is 22.7 Å². The van der Waals surface area contributed by atoms with Gasteiger partial charge in [0, 0.05) is 26.7 Å². The Morgan fingerprint density at radius 3 is 2.25 bits per heavy atom. The van der Waals surface area contributed by atoms with Gasteiger partial charge in [0.05, 0.1) is 16.5 Å². The summed E-state index contributed by atoms with van der Waals surface area (Å²) in [6.45, 7) is 15.5. The molecule has 288 valence electrons. The van der Waals surface area contributed by atoms with Crippen molar-refractivity contribution in [2.45, 2.75) is 115 Å². The number of nitrogens with zero attached hydrogens (tertiary/aromatic N) is 2. The predicted octanol–water partition coefficient (Wildman–Crippen LogP) is 3.36. The van der Waals surface area contributed by atoms with Crippen LogP contribution < -0.4 is 21.3 Å². The summed E-state index contributed by atoms with van der Waals surface area (Å²) in [7, 11) is -2.31. The van der Waals surface area contributed by atoms with Crippen LogP contribution in [-0.2, 0) is 29.2 Å². The topological polar surface area (TPSA) is 174 Å². The van der Waals surface area contributed by atoms with Crippen LogP contribution in [0.1, 0.15) is 86.5 Å². The Balaban J connectivity index is 1.54. The number of hydrogen-bond donors (Lipinski definition) is 4. The average molecular weight is 743 g/mol. The molecule has 13 nitrogen and oxygen atoms in total. The highest BCUT2D eigenvalue weighted by molar-refractivity contribution is 7.89. The van der Waals surface area contributed by atoms with Crippen molar-refractivity contribution in [3.05, 3.63) is 43.0 Å². The van der Waals surface area contributed by atoms with Gasteiger partial charge in [-0.2, -0.15) is 4.31 Å². The van der Waals surface area contributed by atoms with E-state index in [0.29, 0.717) is 25.8 Å². The highest BCUT2D eigenvalue weighted by atomic mass is 32.2. The fourth-order valence-corrected chi connectivity index (χ4v) is 9.37. The summed E-state index contributed by atoms with van der Waals surface area (Å²) in [6.07, 6.45) is 5.96. The van der Waals surface area contributed by atoms with Gasteiger partial charge in [0.1, 0.15) is 12.1 Å². The zero-order chi connectivity index (χ0) is 38.6. The Bertz CT molecular complexity index is 1620. The lowest BCUT2D eigenvalue weighted by atomic mass is 9.81. The van der Waals surface area contributed by atoms with Gasteiger partial charge in [0.25, 0.3) is 5.91 Å². The van der Waals surface area contributed by atoms with E-state index in [9.17, 15) is 32.4 Å². The van der Waals surface area contributed by atoms with Crippen molar-refractivity contribution in [1.29, 1.82) is 0 Å². The van der Waals surface area contributed by atoms with Gasteiger partial charge >= 0.3 is 6.03 Å².